The number of esters is 1. The topological polar surface area (TPSA) is 68.1 Å². The molecular formula is C15H13F6NO4. The van der Waals surface area contributed by atoms with Crippen LogP contribution in [0.25, 0.3) is 5.76 Å². The minimum atomic E-state index is -4.71. The smallest absolute Gasteiger partial charge is 0.407 e. The summed E-state index contributed by atoms with van der Waals surface area (Å²) in [6.45, 7) is -0.570. The van der Waals surface area contributed by atoms with E-state index in [9.17, 15) is 36.2 Å². The van der Waals surface area contributed by atoms with Crippen molar-refractivity contribution >= 4 is 17.9 Å². The Bertz CT molecular complexity index is 743. The minimum Gasteiger partial charge on any atom is -0.506 e. The lowest BCUT2D eigenvalue weighted by atomic mass is 10.1. The van der Waals surface area contributed by atoms with Gasteiger partial charge in [0.05, 0.1) is 19.3 Å². The standard InChI is InChI=1S/C15H13F6NO4/c1-3-26-14(24)8(5-22-6-15(19,20)21)12(23)7-4-9(16)11(18)13(25-2)10(7)17/h4-5,23H,3,6H2,1-2H3/b12-8-,22-5?. The first-order valence-corrected chi connectivity index (χ1v) is 6.92. The maximum absolute atomic E-state index is 14.2. The zero-order chi connectivity index (χ0) is 20.1. The minimum absolute atomic E-state index is 0.208. The number of alkyl halides is 3. The second-order valence-corrected chi connectivity index (χ2v) is 4.63. The molecule has 0 atom stereocenters. The second-order valence-electron chi connectivity index (χ2n) is 4.63. The van der Waals surface area contributed by atoms with Gasteiger partial charge in [0.2, 0.25) is 5.82 Å². The van der Waals surface area contributed by atoms with Crippen molar-refractivity contribution in [3.05, 3.63) is 34.7 Å². The number of rotatable bonds is 6. The quantitative estimate of drug-likeness (QED) is 0.203. The molecule has 0 aliphatic heterocycles. The molecule has 0 saturated carbocycles. The molecule has 0 heterocycles. The molecule has 1 aromatic carbocycles. The lowest BCUT2D eigenvalue weighted by molar-refractivity contribution is -0.137. The van der Waals surface area contributed by atoms with Crippen molar-refractivity contribution in [1.29, 1.82) is 0 Å². The fourth-order valence-electron chi connectivity index (χ4n) is 1.74. The monoisotopic (exact) mass is 385 g/mol. The summed E-state index contributed by atoms with van der Waals surface area (Å²) < 4.78 is 86.5. The number of hydrogen-bond acceptors (Lipinski definition) is 5. The van der Waals surface area contributed by atoms with Crippen LogP contribution in [0.4, 0.5) is 26.3 Å². The first-order valence-electron chi connectivity index (χ1n) is 6.92. The van der Waals surface area contributed by atoms with Gasteiger partial charge in [-0.3, -0.25) is 4.99 Å². The second kappa shape index (κ2) is 8.59. The fourth-order valence-corrected chi connectivity index (χ4v) is 1.74. The Morgan fingerprint density at radius 2 is 1.88 bits per heavy atom. The Morgan fingerprint density at radius 1 is 1.27 bits per heavy atom. The Labute approximate surface area is 143 Å². The molecule has 1 N–H and O–H groups in total. The molecule has 0 spiro atoms. The van der Waals surface area contributed by atoms with Crippen molar-refractivity contribution < 1.29 is 45.7 Å². The number of nitrogens with zero attached hydrogens (tertiary/aromatic N) is 1. The highest BCUT2D eigenvalue weighted by atomic mass is 19.4. The normalized spacial score (nSPS) is 12.9. The van der Waals surface area contributed by atoms with Crippen LogP contribution in [-0.2, 0) is 9.53 Å². The van der Waals surface area contributed by atoms with Crippen LogP contribution in [0.2, 0.25) is 0 Å². The number of carbonyl (C=O) groups excluding carboxylic acids is 1. The van der Waals surface area contributed by atoms with Crippen molar-refractivity contribution in [2.24, 2.45) is 4.99 Å². The van der Waals surface area contributed by atoms with E-state index in [0.717, 1.165) is 7.11 Å². The van der Waals surface area contributed by atoms with E-state index in [2.05, 4.69) is 14.5 Å². The zero-order valence-electron chi connectivity index (χ0n) is 13.5. The molecule has 0 saturated heterocycles. The van der Waals surface area contributed by atoms with Crippen LogP contribution in [0.3, 0.4) is 0 Å². The van der Waals surface area contributed by atoms with Gasteiger partial charge >= 0.3 is 12.1 Å². The molecule has 5 nitrogen and oxygen atoms in total. The van der Waals surface area contributed by atoms with E-state index in [1.807, 2.05) is 0 Å². The molecule has 0 aliphatic rings. The number of aliphatic hydroxyl groups excluding tert-OH is 1. The van der Waals surface area contributed by atoms with E-state index in [0.29, 0.717) is 6.21 Å². The van der Waals surface area contributed by atoms with Crippen LogP contribution in [0.15, 0.2) is 16.6 Å². The molecule has 0 amide bonds. The number of hydrogen-bond donors (Lipinski definition) is 1. The number of aliphatic imine (C=N–C) groups is 1. The maximum atomic E-state index is 14.2. The highest BCUT2D eigenvalue weighted by molar-refractivity contribution is 6.15. The van der Waals surface area contributed by atoms with Gasteiger partial charge in [-0.1, -0.05) is 0 Å². The third-order valence-corrected chi connectivity index (χ3v) is 2.82. The number of ether oxygens (including phenoxy) is 2. The van der Waals surface area contributed by atoms with Crippen LogP contribution < -0.4 is 4.74 Å². The molecular weight excluding hydrogens is 372 g/mol. The van der Waals surface area contributed by atoms with Crippen LogP contribution in [0.5, 0.6) is 5.75 Å². The number of carbonyl (C=O) groups is 1. The summed E-state index contributed by atoms with van der Waals surface area (Å²) in [7, 11) is 0.822. The first-order chi connectivity index (χ1) is 12.0. The van der Waals surface area contributed by atoms with Crippen LogP contribution in [0, 0.1) is 17.5 Å². The van der Waals surface area contributed by atoms with Gasteiger partial charge in [0.15, 0.2) is 17.4 Å². The van der Waals surface area contributed by atoms with E-state index in [4.69, 9.17) is 0 Å². The Morgan fingerprint density at radius 3 is 2.38 bits per heavy atom. The van der Waals surface area contributed by atoms with Gasteiger partial charge in [0, 0.05) is 6.21 Å². The summed E-state index contributed by atoms with van der Waals surface area (Å²) in [5.74, 6) is -8.73. The van der Waals surface area contributed by atoms with Crippen LogP contribution >= 0.6 is 0 Å². The molecule has 0 unspecified atom stereocenters. The predicted molar refractivity (Wildman–Crippen MR) is 78.5 cm³/mol. The van der Waals surface area contributed by atoms with Crippen molar-refractivity contribution in [3.63, 3.8) is 0 Å². The van der Waals surface area contributed by atoms with Gasteiger partial charge in [-0.2, -0.15) is 17.6 Å². The molecule has 0 fully saturated rings. The van der Waals surface area contributed by atoms with Crippen molar-refractivity contribution in [3.8, 4) is 5.75 Å². The van der Waals surface area contributed by atoms with Crippen LogP contribution in [0.1, 0.15) is 12.5 Å². The summed E-state index contributed by atoms with van der Waals surface area (Å²) in [4.78, 5) is 14.7. The lowest BCUT2D eigenvalue weighted by Crippen LogP contribution is -2.15. The molecule has 0 radical (unpaired) electrons. The first kappa shape index (κ1) is 21.3. The summed E-state index contributed by atoms with van der Waals surface area (Å²) in [6, 6.07) is 0.208. The van der Waals surface area contributed by atoms with E-state index < -0.39 is 58.8 Å². The molecule has 1 aromatic rings. The average molecular weight is 385 g/mol. The summed E-state index contributed by atoms with van der Waals surface area (Å²) in [5.41, 5.74) is -2.01. The molecule has 26 heavy (non-hydrogen) atoms. The van der Waals surface area contributed by atoms with Gasteiger partial charge in [-0.05, 0) is 13.0 Å². The van der Waals surface area contributed by atoms with Crippen LogP contribution in [-0.4, -0.2) is 43.7 Å². The van der Waals surface area contributed by atoms with Crippen molar-refractivity contribution in [2.45, 2.75) is 13.1 Å². The average Bonchev–Trinajstić information content (AvgIpc) is 2.54. The van der Waals surface area contributed by atoms with Gasteiger partial charge in [-0.15, -0.1) is 0 Å². The summed E-state index contributed by atoms with van der Waals surface area (Å²) >= 11 is 0. The van der Waals surface area contributed by atoms with Gasteiger partial charge < -0.3 is 14.6 Å². The number of methoxy groups -OCH3 is 1. The van der Waals surface area contributed by atoms with Crippen molar-refractivity contribution in [2.75, 3.05) is 20.3 Å². The summed E-state index contributed by atoms with van der Waals surface area (Å²) in [6.07, 6.45) is -4.41. The molecule has 0 bridgehead atoms. The number of halogens is 6. The van der Waals surface area contributed by atoms with E-state index in [1.54, 1.807) is 0 Å². The Kier molecular flexibility index (Phi) is 7.04. The number of aliphatic hydroxyl groups is 1. The van der Waals surface area contributed by atoms with Gasteiger partial charge in [0.25, 0.3) is 0 Å². The van der Waals surface area contributed by atoms with Crippen molar-refractivity contribution in [1.82, 2.24) is 0 Å². The Balaban J connectivity index is 3.53. The molecule has 0 aromatic heterocycles. The summed E-state index contributed by atoms with van der Waals surface area (Å²) in [5, 5.41) is 10.0. The molecule has 144 valence electrons. The maximum Gasteiger partial charge on any atom is 0.407 e. The third-order valence-electron chi connectivity index (χ3n) is 2.82. The highest BCUT2D eigenvalue weighted by Crippen LogP contribution is 2.31. The predicted octanol–water partition coefficient (Wildman–Crippen LogP) is 3.58. The van der Waals surface area contributed by atoms with E-state index in [1.165, 1.54) is 6.92 Å². The SMILES string of the molecule is CCOC(=O)/C(C=NCC(F)(F)F)=C(\O)c1cc(F)c(F)c(OC)c1F. The Hall–Kier alpha value is -2.72. The third kappa shape index (κ3) is 5.14. The fraction of sp³-hybridized carbons (Fsp3) is 0.333. The largest absolute Gasteiger partial charge is 0.506 e. The highest BCUT2D eigenvalue weighted by Gasteiger charge is 2.28. The van der Waals surface area contributed by atoms with E-state index >= 15 is 0 Å². The van der Waals surface area contributed by atoms with Gasteiger partial charge in [0.1, 0.15) is 17.9 Å². The van der Waals surface area contributed by atoms with E-state index in [-0.39, 0.29) is 12.7 Å². The zero-order valence-corrected chi connectivity index (χ0v) is 13.5. The lowest BCUT2D eigenvalue weighted by Gasteiger charge is -2.11. The molecule has 0 aliphatic carbocycles. The van der Waals surface area contributed by atoms with Gasteiger partial charge in [-0.25, -0.2) is 13.6 Å². The molecule has 11 heteroatoms. The number of benzene rings is 1. The molecule has 1 rings (SSSR count).